The molecule has 4 heteroatoms. The van der Waals surface area contributed by atoms with Crippen molar-refractivity contribution in [2.45, 2.75) is 6.92 Å². The number of hydrogen-bond donors (Lipinski definition) is 2. The van der Waals surface area contributed by atoms with E-state index in [0.717, 1.165) is 28.6 Å². The van der Waals surface area contributed by atoms with Gasteiger partial charge in [-0.15, -0.1) is 0 Å². The van der Waals surface area contributed by atoms with Crippen LogP contribution in [0.15, 0.2) is 60.7 Å². The minimum atomic E-state index is 0.717. The zero-order chi connectivity index (χ0) is 14.7. The van der Waals surface area contributed by atoms with Crippen molar-refractivity contribution in [2.75, 3.05) is 11.1 Å². The lowest BCUT2D eigenvalue weighted by atomic mass is 10.1. The lowest BCUT2D eigenvalue weighted by Crippen LogP contribution is -1.99. The van der Waals surface area contributed by atoms with Crippen LogP contribution in [0.1, 0.15) is 5.82 Å². The van der Waals surface area contributed by atoms with Gasteiger partial charge < -0.3 is 11.1 Å². The summed E-state index contributed by atoms with van der Waals surface area (Å²) in [5.74, 6) is 1.48. The van der Waals surface area contributed by atoms with E-state index in [-0.39, 0.29) is 0 Å². The molecule has 3 aromatic rings. The van der Waals surface area contributed by atoms with Gasteiger partial charge in [-0.25, -0.2) is 9.97 Å². The SMILES string of the molecule is Cc1nc(Nc2cccc(N)c2)cc(-c2ccccc2)n1. The molecule has 3 N–H and O–H groups in total. The Hall–Kier alpha value is -2.88. The highest BCUT2D eigenvalue weighted by Crippen LogP contribution is 2.22. The van der Waals surface area contributed by atoms with Crippen molar-refractivity contribution in [2.24, 2.45) is 0 Å². The number of rotatable bonds is 3. The van der Waals surface area contributed by atoms with Crippen LogP contribution in [-0.4, -0.2) is 9.97 Å². The molecule has 104 valence electrons. The van der Waals surface area contributed by atoms with Crippen LogP contribution >= 0.6 is 0 Å². The summed E-state index contributed by atoms with van der Waals surface area (Å²) in [5.41, 5.74) is 9.38. The Bertz CT molecular complexity index is 754. The second-order valence-corrected chi connectivity index (χ2v) is 4.80. The molecule has 1 aromatic heterocycles. The third-order valence-corrected chi connectivity index (χ3v) is 3.07. The van der Waals surface area contributed by atoms with Crippen molar-refractivity contribution in [3.63, 3.8) is 0 Å². The highest BCUT2D eigenvalue weighted by Gasteiger charge is 2.04. The Kier molecular flexibility index (Phi) is 3.51. The molecule has 2 aromatic carbocycles. The van der Waals surface area contributed by atoms with Gasteiger partial charge in [-0.3, -0.25) is 0 Å². The van der Waals surface area contributed by atoms with Crippen molar-refractivity contribution < 1.29 is 0 Å². The normalized spacial score (nSPS) is 10.3. The minimum absolute atomic E-state index is 0.717. The standard InChI is InChI=1S/C17H16N4/c1-12-19-16(13-6-3-2-4-7-13)11-17(20-12)21-15-9-5-8-14(18)10-15/h2-11H,18H2,1H3,(H,19,20,21). The molecule has 0 fully saturated rings. The summed E-state index contributed by atoms with van der Waals surface area (Å²) in [6.45, 7) is 1.89. The highest BCUT2D eigenvalue weighted by molar-refractivity contribution is 5.67. The van der Waals surface area contributed by atoms with Crippen LogP contribution in [-0.2, 0) is 0 Å². The smallest absolute Gasteiger partial charge is 0.134 e. The number of hydrogen-bond acceptors (Lipinski definition) is 4. The third-order valence-electron chi connectivity index (χ3n) is 3.07. The summed E-state index contributed by atoms with van der Waals surface area (Å²) in [6.07, 6.45) is 0. The molecule has 0 spiro atoms. The largest absolute Gasteiger partial charge is 0.399 e. The molecule has 0 radical (unpaired) electrons. The van der Waals surface area contributed by atoms with E-state index >= 15 is 0 Å². The number of nitrogens with zero attached hydrogens (tertiary/aromatic N) is 2. The van der Waals surface area contributed by atoms with Gasteiger partial charge in [0.1, 0.15) is 11.6 Å². The Morgan fingerprint density at radius 3 is 2.48 bits per heavy atom. The van der Waals surface area contributed by atoms with Crippen LogP contribution in [0.5, 0.6) is 0 Å². The third kappa shape index (κ3) is 3.17. The number of nitrogens with two attached hydrogens (primary N) is 1. The molecule has 0 saturated heterocycles. The van der Waals surface area contributed by atoms with E-state index in [1.54, 1.807) is 0 Å². The molecule has 0 atom stereocenters. The van der Waals surface area contributed by atoms with Gasteiger partial charge in [0.2, 0.25) is 0 Å². The average Bonchev–Trinajstić information content (AvgIpc) is 2.47. The van der Waals surface area contributed by atoms with Crippen molar-refractivity contribution in [3.05, 3.63) is 66.5 Å². The summed E-state index contributed by atoms with van der Waals surface area (Å²) in [7, 11) is 0. The van der Waals surface area contributed by atoms with E-state index in [0.29, 0.717) is 5.69 Å². The first-order valence-electron chi connectivity index (χ1n) is 6.74. The molecule has 1 heterocycles. The zero-order valence-corrected chi connectivity index (χ0v) is 11.7. The van der Waals surface area contributed by atoms with Gasteiger partial charge in [0, 0.05) is 23.0 Å². The quantitative estimate of drug-likeness (QED) is 0.715. The molecule has 0 aliphatic heterocycles. The summed E-state index contributed by atoms with van der Waals surface area (Å²) in [5, 5.41) is 3.26. The fraction of sp³-hybridized carbons (Fsp3) is 0.0588. The number of aryl methyl sites for hydroxylation is 1. The fourth-order valence-electron chi connectivity index (χ4n) is 2.15. The van der Waals surface area contributed by atoms with Gasteiger partial charge in [0.05, 0.1) is 5.69 Å². The number of nitrogens with one attached hydrogen (secondary N) is 1. The van der Waals surface area contributed by atoms with Gasteiger partial charge in [-0.2, -0.15) is 0 Å². The maximum absolute atomic E-state index is 5.79. The summed E-state index contributed by atoms with van der Waals surface area (Å²) < 4.78 is 0. The Morgan fingerprint density at radius 2 is 1.71 bits per heavy atom. The number of benzene rings is 2. The minimum Gasteiger partial charge on any atom is -0.399 e. The van der Waals surface area contributed by atoms with E-state index in [1.807, 2.05) is 67.6 Å². The van der Waals surface area contributed by atoms with Crippen molar-refractivity contribution in [1.82, 2.24) is 9.97 Å². The number of aromatic nitrogens is 2. The molecule has 0 bridgehead atoms. The topological polar surface area (TPSA) is 63.8 Å². The van der Waals surface area contributed by atoms with E-state index in [9.17, 15) is 0 Å². The second kappa shape index (κ2) is 5.63. The first kappa shape index (κ1) is 13.1. The Balaban J connectivity index is 1.95. The van der Waals surface area contributed by atoms with Crippen molar-refractivity contribution in [3.8, 4) is 11.3 Å². The van der Waals surface area contributed by atoms with E-state index < -0.39 is 0 Å². The highest BCUT2D eigenvalue weighted by atomic mass is 15.0. The molecule has 0 saturated carbocycles. The van der Waals surface area contributed by atoms with Crippen LogP contribution in [0.2, 0.25) is 0 Å². The molecular weight excluding hydrogens is 260 g/mol. The number of nitrogen functional groups attached to an aromatic ring is 1. The Labute approximate surface area is 123 Å². The molecule has 0 aliphatic rings. The maximum atomic E-state index is 5.79. The molecule has 3 rings (SSSR count). The van der Waals surface area contributed by atoms with Gasteiger partial charge in [0.15, 0.2) is 0 Å². The molecule has 0 amide bonds. The number of anilines is 3. The van der Waals surface area contributed by atoms with E-state index in [2.05, 4.69) is 15.3 Å². The molecular formula is C17H16N4. The molecule has 0 unspecified atom stereocenters. The second-order valence-electron chi connectivity index (χ2n) is 4.80. The van der Waals surface area contributed by atoms with Crippen LogP contribution in [0.4, 0.5) is 17.2 Å². The molecule has 4 nitrogen and oxygen atoms in total. The lowest BCUT2D eigenvalue weighted by molar-refractivity contribution is 1.06. The van der Waals surface area contributed by atoms with E-state index in [1.165, 1.54) is 0 Å². The lowest BCUT2D eigenvalue weighted by Gasteiger charge is -2.09. The van der Waals surface area contributed by atoms with Gasteiger partial charge in [-0.05, 0) is 25.1 Å². The summed E-state index contributed by atoms with van der Waals surface area (Å²) >= 11 is 0. The van der Waals surface area contributed by atoms with E-state index in [4.69, 9.17) is 5.73 Å². The predicted molar refractivity (Wildman–Crippen MR) is 86.3 cm³/mol. The fourth-order valence-corrected chi connectivity index (χ4v) is 2.15. The van der Waals surface area contributed by atoms with Crippen LogP contribution in [0.3, 0.4) is 0 Å². The van der Waals surface area contributed by atoms with Gasteiger partial charge >= 0.3 is 0 Å². The monoisotopic (exact) mass is 276 g/mol. The molecule has 0 aliphatic carbocycles. The van der Waals surface area contributed by atoms with Crippen molar-refractivity contribution in [1.29, 1.82) is 0 Å². The Morgan fingerprint density at radius 1 is 0.905 bits per heavy atom. The summed E-state index contributed by atoms with van der Waals surface area (Å²) in [4.78, 5) is 8.91. The average molecular weight is 276 g/mol. The predicted octanol–water partition coefficient (Wildman–Crippen LogP) is 3.78. The summed E-state index contributed by atoms with van der Waals surface area (Å²) in [6, 6.07) is 19.6. The van der Waals surface area contributed by atoms with Crippen LogP contribution in [0.25, 0.3) is 11.3 Å². The van der Waals surface area contributed by atoms with Gasteiger partial charge in [0.25, 0.3) is 0 Å². The first-order valence-corrected chi connectivity index (χ1v) is 6.74. The first-order chi connectivity index (χ1) is 10.2. The zero-order valence-electron chi connectivity index (χ0n) is 11.7. The molecule has 21 heavy (non-hydrogen) atoms. The maximum Gasteiger partial charge on any atom is 0.134 e. The van der Waals surface area contributed by atoms with Crippen molar-refractivity contribution >= 4 is 17.2 Å². The van der Waals surface area contributed by atoms with Crippen LogP contribution < -0.4 is 11.1 Å². The van der Waals surface area contributed by atoms with Crippen LogP contribution in [0, 0.1) is 6.92 Å². The van der Waals surface area contributed by atoms with Gasteiger partial charge in [-0.1, -0.05) is 36.4 Å².